The van der Waals surface area contributed by atoms with Gasteiger partial charge in [-0.15, -0.1) is 0 Å². The van der Waals surface area contributed by atoms with Crippen LogP contribution in [0.15, 0.2) is 0 Å². The van der Waals surface area contributed by atoms with Crippen molar-refractivity contribution in [2.45, 2.75) is 57.8 Å². The molecule has 1 nitrogen and oxygen atoms in total. The highest BCUT2D eigenvalue weighted by atomic mass is 16.1. The molecule has 10 rings (SSSR count). The van der Waals surface area contributed by atoms with Crippen LogP contribution in [-0.2, 0) is 4.79 Å². The molecular formula is C26H34O. The smallest absolute Gasteiger partial charge is 0.140 e. The molecule has 0 amide bonds. The Kier molecular flexibility index (Phi) is 2.38. The van der Waals surface area contributed by atoms with Crippen LogP contribution >= 0.6 is 0 Å². The van der Waals surface area contributed by atoms with Crippen molar-refractivity contribution in [1.29, 1.82) is 0 Å². The van der Waals surface area contributed by atoms with Gasteiger partial charge in [-0.1, -0.05) is 0 Å². The van der Waals surface area contributed by atoms with Gasteiger partial charge in [-0.25, -0.2) is 0 Å². The molecule has 144 valence electrons. The van der Waals surface area contributed by atoms with Crippen LogP contribution in [-0.4, -0.2) is 5.78 Å². The summed E-state index contributed by atoms with van der Waals surface area (Å²) in [7, 11) is 0. The SMILES string of the molecule is O=C1C2C3CC(C2C2C4CCC(C12)C1C4[C@H]2CC[C@H]1C2)C1C3[C@H]2CC[C@@H]1C2. The lowest BCUT2D eigenvalue weighted by Crippen LogP contribution is -2.54. The van der Waals surface area contributed by atoms with Gasteiger partial charge in [0.05, 0.1) is 0 Å². The fourth-order valence-corrected chi connectivity index (χ4v) is 13.5. The topological polar surface area (TPSA) is 17.1 Å². The summed E-state index contributed by atoms with van der Waals surface area (Å²) in [6, 6.07) is 0. The average molecular weight is 363 g/mol. The van der Waals surface area contributed by atoms with Crippen LogP contribution in [0.3, 0.4) is 0 Å². The Hall–Kier alpha value is -0.330. The first-order valence-corrected chi connectivity index (χ1v) is 12.8. The maximum atomic E-state index is 14.0. The molecule has 1 heteroatoms. The summed E-state index contributed by atoms with van der Waals surface area (Å²) >= 11 is 0. The van der Waals surface area contributed by atoms with E-state index in [9.17, 15) is 4.79 Å². The molecule has 27 heavy (non-hydrogen) atoms. The van der Waals surface area contributed by atoms with E-state index in [1.807, 2.05) is 0 Å². The molecule has 0 aliphatic heterocycles. The number of ketones is 1. The van der Waals surface area contributed by atoms with Gasteiger partial charge in [0.15, 0.2) is 0 Å². The van der Waals surface area contributed by atoms with E-state index < -0.39 is 0 Å². The molecule has 0 saturated heterocycles. The minimum atomic E-state index is 0.557. The van der Waals surface area contributed by atoms with Crippen LogP contribution in [0.25, 0.3) is 0 Å². The van der Waals surface area contributed by atoms with Gasteiger partial charge in [-0.3, -0.25) is 4.79 Å². The summed E-state index contributed by atoms with van der Waals surface area (Å²) in [5, 5.41) is 0. The van der Waals surface area contributed by atoms with Gasteiger partial charge in [0, 0.05) is 11.8 Å². The number of carbonyl (C=O) groups is 1. The monoisotopic (exact) mass is 362 g/mol. The Morgan fingerprint density at radius 3 is 1.63 bits per heavy atom. The van der Waals surface area contributed by atoms with Gasteiger partial charge in [0.1, 0.15) is 5.78 Å². The zero-order valence-electron chi connectivity index (χ0n) is 16.5. The molecule has 0 spiro atoms. The number of Topliss-reactive ketones (excluding diaryl/α,β-unsaturated/α-hetero) is 1. The average Bonchev–Trinajstić information content (AvgIpc) is 3.51. The quantitative estimate of drug-likeness (QED) is 0.551. The third kappa shape index (κ3) is 1.36. The Bertz CT molecular complexity index is 755. The number of rotatable bonds is 0. The number of carbonyl (C=O) groups excluding carboxylic acids is 1. The molecule has 8 bridgehead atoms. The van der Waals surface area contributed by atoms with Gasteiger partial charge in [0.25, 0.3) is 0 Å². The molecule has 0 aromatic rings. The van der Waals surface area contributed by atoms with Crippen LogP contribution < -0.4 is 0 Å². The van der Waals surface area contributed by atoms with Crippen molar-refractivity contribution in [3.8, 4) is 0 Å². The summed E-state index contributed by atoms with van der Waals surface area (Å²) in [4.78, 5) is 14.0. The second-order valence-electron chi connectivity index (χ2n) is 13.1. The molecule has 0 N–H and O–H groups in total. The van der Waals surface area contributed by atoms with Crippen molar-refractivity contribution in [2.24, 2.45) is 94.7 Å². The van der Waals surface area contributed by atoms with E-state index >= 15 is 0 Å². The zero-order valence-corrected chi connectivity index (χ0v) is 16.5. The molecule has 10 saturated carbocycles. The first-order valence-electron chi connectivity index (χ1n) is 12.8. The fourth-order valence-electron chi connectivity index (χ4n) is 13.5. The van der Waals surface area contributed by atoms with Gasteiger partial charge >= 0.3 is 0 Å². The van der Waals surface area contributed by atoms with Crippen molar-refractivity contribution < 1.29 is 4.79 Å². The van der Waals surface area contributed by atoms with Gasteiger partial charge in [-0.05, 0) is 141 Å². The van der Waals surface area contributed by atoms with E-state index in [4.69, 9.17) is 0 Å². The van der Waals surface area contributed by atoms with E-state index in [0.29, 0.717) is 11.8 Å². The van der Waals surface area contributed by atoms with Crippen LogP contribution in [0.2, 0.25) is 0 Å². The fraction of sp³-hybridized carbons (Fsp3) is 0.962. The normalized spacial score (nSPS) is 73.4. The lowest BCUT2D eigenvalue weighted by Gasteiger charge is -2.58. The Morgan fingerprint density at radius 1 is 0.444 bits per heavy atom. The summed E-state index contributed by atoms with van der Waals surface area (Å²) in [5.41, 5.74) is 0. The van der Waals surface area contributed by atoms with Crippen LogP contribution in [0.5, 0.6) is 0 Å². The van der Waals surface area contributed by atoms with Gasteiger partial charge in [-0.2, -0.15) is 0 Å². The van der Waals surface area contributed by atoms with E-state index in [1.54, 1.807) is 25.7 Å². The van der Waals surface area contributed by atoms with Gasteiger partial charge in [0.2, 0.25) is 0 Å². The predicted molar refractivity (Wildman–Crippen MR) is 102 cm³/mol. The number of fused-ring (bicyclic) bond motifs is 15. The summed E-state index contributed by atoms with van der Waals surface area (Å²) in [6.45, 7) is 0. The van der Waals surface area contributed by atoms with Crippen LogP contribution in [0, 0.1) is 94.7 Å². The lowest BCUT2D eigenvalue weighted by atomic mass is 9.46. The molecule has 10 aliphatic rings. The largest absolute Gasteiger partial charge is 0.299 e. The van der Waals surface area contributed by atoms with E-state index in [1.165, 1.54) is 32.1 Å². The first-order chi connectivity index (χ1) is 13.3. The predicted octanol–water partition coefficient (Wildman–Crippen LogP) is 5.05. The van der Waals surface area contributed by atoms with E-state index in [-0.39, 0.29) is 0 Å². The molecule has 16 atom stereocenters. The van der Waals surface area contributed by atoms with Crippen molar-refractivity contribution in [3.05, 3.63) is 0 Å². The van der Waals surface area contributed by atoms with Crippen LogP contribution in [0.1, 0.15) is 57.8 Å². The van der Waals surface area contributed by atoms with Crippen molar-refractivity contribution in [1.82, 2.24) is 0 Å². The third-order valence-electron chi connectivity index (χ3n) is 13.3. The highest BCUT2D eigenvalue weighted by Crippen LogP contribution is 2.78. The highest BCUT2D eigenvalue weighted by molar-refractivity contribution is 5.88. The second kappa shape index (κ2) is 4.39. The second-order valence-corrected chi connectivity index (χ2v) is 13.1. The standard InChI is InChI=1S/C26H34O/c27-26-24-15-6-5-14(18-10-1-2-11(7-10)19(15)18)22(24)23-16-9-17(25(23)26)21-13-4-3-12(8-13)20(16)21/h10-25H,1-9H2/t10-,11-,12+,13-,14?,15?,16?,17?,18?,19?,20?,21?,22?,23?,24?,25?/m0/s1. The van der Waals surface area contributed by atoms with Gasteiger partial charge < -0.3 is 0 Å². The molecule has 0 radical (unpaired) electrons. The molecular weight excluding hydrogens is 328 g/mol. The minimum Gasteiger partial charge on any atom is -0.299 e. The Labute approximate surface area is 163 Å². The Morgan fingerprint density at radius 2 is 0.926 bits per heavy atom. The van der Waals surface area contributed by atoms with Crippen LogP contribution in [0.4, 0.5) is 0 Å². The third-order valence-corrected chi connectivity index (χ3v) is 13.3. The molecule has 10 aliphatic carbocycles. The zero-order chi connectivity index (χ0) is 17.2. The lowest BCUT2D eigenvalue weighted by molar-refractivity contribution is -0.140. The van der Waals surface area contributed by atoms with E-state index in [0.717, 1.165) is 88.6 Å². The van der Waals surface area contributed by atoms with Crippen molar-refractivity contribution in [3.63, 3.8) is 0 Å². The molecule has 10 fully saturated rings. The maximum Gasteiger partial charge on any atom is 0.140 e. The number of hydrogen-bond acceptors (Lipinski definition) is 1. The summed E-state index contributed by atoms with van der Waals surface area (Å²) < 4.78 is 0. The number of hydrogen-bond donors (Lipinski definition) is 0. The minimum absolute atomic E-state index is 0.557. The molecule has 0 aromatic heterocycles. The maximum absolute atomic E-state index is 14.0. The van der Waals surface area contributed by atoms with Crippen molar-refractivity contribution in [2.75, 3.05) is 0 Å². The summed E-state index contributed by atoms with van der Waals surface area (Å²) in [6.07, 6.45) is 13.7. The van der Waals surface area contributed by atoms with Crippen molar-refractivity contribution >= 4 is 5.78 Å². The molecule has 0 aromatic carbocycles. The molecule has 0 heterocycles. The van der Waals surface area contributed by atoms with E-state index in [2.05, 4.69) is 0 Å². The first kappa shape index (κ1) is 14.6. The highest BCUT2D eigenvalue weighted by Gasteiger charge is 2.76. The Balaban J connectivity index is 1.17. The molecule has 12 unspecified atom stereocenters. The summed E-state index contributed by atoms with van der Waals surface area (Å²) in [5.74, 6) is 15.8.